The first-order valence-electron chi connectivity index (χ1n) is 7.35. The molecule has 0 aliphatic carbocycles. The third-order valence-corrected chi connectivity index (χ3v) is 3.55. The number of ether oxygens (including phenoxy) is 2. The molecule has 0 bridgehead atoms. The molecule has 0 saturated carbocycles. The lowest BCUT2D eigenvalue weighted by Gasteiger charge is -2.31. The number of alkyl carbamates (subject to hydrolysis) is 1. The van der Waals surface area contributed by atoms with Crippen molar-refractivity contribution in [3.63, 3.8) is 0 Å². The van der Waals surface area contributed by atoms with Gasteiger partial charge in [0.1, 0.15) is 11.4 Å². The number of urea groups is 1. The van der Waals surface area contributed by atoms with Gasteiger partial charge < -0.3 is 20.5 Å². The first kappa shape index (κ1) is 20.0. The maximum Gasteiger partial charge on any atom is 0.408 e. The number of carbonyl (C=O) groups is 2. The number of primary amides is 1. The van der Waals surface area contributed by atoms with Crippen molar-refractivity contribution in [1.82, 2.24) is 5.32 Å². The highest BCUT2D eigenvalue weighted by atomic mass is 32.1. The summed E-state index contributed by atoms with van der Waals surface area (Å²) in [4.78, 5) is 23.4. The molecule has 1 rings (SSSR count). The second-order valence-electron chi connectivity index (χ2n) is 6.79. The van der Waals surface area contributed by atoms with E-state index >= 15 is 0 Å². The number of carbonyl (C=O) groups excluding carboxylic acids is 2. The summed E-state index contributed by atoms with van der Waals surface area (Å²) in [7, 11) is 1.52. The van der Waals surface area contributed by atoms with Crippen molar-refractivity contribution < 1.29 is 19.1 Å². The van der Waals surface area contributed by atoms with Crippen molar-refractivity contribution in [2.24, 2.45) is 5.73 Å². The highest BCUT2D eigenvalue weighted by Gasteiger charge is 2.29. The van der Waals surface area contributed by atoms with Gasteiger partial charge in [-0.05, 0) is 52.8 Å². The lowest BCUT2D eigenvalue weighted by atomic mass is 9.93. The van der Waals surface area contributed by atoms with E-state index in [-0.39, 0.29) is 0 Å². The fourth-order valence-electron chi connectivity index (χ4n) is 2.07. The summed E-state index contributed by atoms with van der Waals surface area (Å²) < 4.78 is 11.7. The van der Waals surface area contributed by atoms with Crippen LogP contribution in [0.2, 0.25) is 0 Å². The van der Waals surface area contributed by atoms with Crippen molar-refractivity contribution in [2.75, 3.05) is 11.4 Å². The number of hydrogen-bond donors (Lipinski definition) is 3. The van der Waals surface area contributed by atoms with Crippen LogP contribution in [0, 0.1) is 0 Å². The zero-order valence-corrected chi connectivity index (χ0v) is 15.7. The number of nitrogens with zero attached hydrogens (tertiary/aromatic N) is 1. The van der Waals surface area contributed by atoms with Crippen LogP contribution >= 0.6 is 12.8 Å². The minimum absolute atomic E-state index is 0.459. The molecule has 0 fully saturated rings. The standard InChI is InChI=1S/C16H25N3O4S/c1-15(2,3)23-14(21)18-16(4,5)11-9-10(19(24)13(17)20)7-8-12(11)22-6/h7-9,24H,1-6H3,(H2,17,20)(H,18,21). The van der Waals surface area contributed by atoms with Crippen LogP contribution < -0.4 is 20.1 Å². The fraction of sp³-hybridized carbons (Fsp3) is 0.500. The van der Waals surface area contributed by atoms with E-state index in [2.05, 4.69) is 18.1 Å². The number of hydrogen-bond acceptors (Lipinski definition) is 5. The van der Waals surface area contributed by atoms with E-state index < -0.39 is 23.3 Å². The Morgan fingerprint density at radius 1 is 1.21 bits per heavy atom. The van der Waals surface area contributed by atoms with Gasteiger partial charge in [-0.2, -0.15) is 0 Å². The van der Waals surface area contributed by atoms with Crippen LogP contribution in [0.25, 0.3) is 0 Å². The molecule has 0 radical (unpaired) electrons. The maximum absolute atomic E-state index is 12.1. The van der Waals surface area contributed by atoms with Crippen LogP contribution in [-0.4, -0.2) is 24.8 Å². The van der Waals surface area contributed by atoms with Crippen LogP contribution in [0.1, 0.15) is 40.2 Å². The Labute approximate surface area is 148 Å². The zero-order chi connectivity index (χ0) is 18.7. The van der Waals surface area contributed by atoms with Gasteiger partial charge in [-0.15, -0.1) is 0 Å². The van der Waals surface area contributed by atoms with Gasteiger partial charge in [0.2, 0.25) is 0 Å². The van der Waals surface area contributed by atoms with Gasteiger partial charge in [-0.1, -0.05) is 12.8 Å². The number of nitrogens with two attached hydrogens (primary N) is 1. The van der Waals surface area contributed by atoms with Gasteiger partial charge in [0.15, 0.2) is 0 Å². The molecule has 7 nitrogen and oxygen atoms in total. The summed E-state index contributed by atoms with van der Waals surface area (Å²) in [6, 6.07) is 4.28. The molecule has 0 aliphatic rings. The van der Waals surface area contributed by atoms with Gasteiger partial charge in [-0.25, -0.2) is 13.9 Å². The molecular formula is C16H25N3O4S. The number of amides is 3. The molecule has 1 aromatic carbocycles. The van der Waals surface area contributed by atoms with Gasteiger partial charge in [0, 0.05) is 5.56 Å². The van der Waals surface area contributed by atoms with E-state index in [1.54, 1.807) is 52.8 Å². The molecule has 0 spiro atoms. The van der Waals surface area contributed by atoms with E-state index in [0.29, 0.717) is 17.0 Å². The molecular weight excluding hydrogens is 330 g/mol. The van der Waals surface area contributed by atoms with Crippen LogP contribution in [0.3, 0.4) is 0 Å². The van der Waals surface area contributed by atoms with Gasteiger partial charge in [0.05, 0.1) is 18.3 Å². The maximum atomic E-state index is 12.1. The number of thiol groups is 1. The number of benzene rings is 1. The molecule has 0 aliphatic heterocycles. The first-order valence-corrected chi connectivity index (χ1v) is 7.75. The Morgan fingerprint density at radius 3 is 2.25 bits per heavy atom. The molecule has 3 amide bonds. The average molecular weight is 355 g/mol. The van der Waals surface area contributed by atoms with Crippen LogP contribution in [0.15, 0.2) is 18.2 Å². The monoisotopic (exact) mass is 355 g/mol. The minimum atomic E-state index is -0.823. The molecule has 24 heavy (non-hydrogen) atoms. The third kappa shape index (κ3) is 5.23. The largest absolute Gasteiger partial charge is 0.496 e. The highest BCUT2D eigenvalue weighted by molar-refractivity contribution is 7.82. The minimum Gasteiger partial charge on any atom is -0.496 e. The van der Waals surface area contributed by atoms with E-state index in [4.69, 9.17) is 15.2 Å². The normalized spacial score (nSPS) is 11.6. The van der Waals surface area contributed by atoms with E-state index in [1.807, 2.05) is 0 Å². The predicted molar refractivity (Wildman–Crippen MR) is 96.4 cm³/mol. The van der Waals surface area contributed by atoms with Crippen molar-refractivity contribution in [2.45, 2.75) is 45.8 Å². The predicted octanol–water partition coefficient (Wildman–Crippen LogP) is 3.18. The van der Waals surface area contributed by atoms with Gasteiger partial charge in [0.25, 0.3) is 0 Å². The van der Waals surface area contributed by atoms with Gasteiger partial charge in [-0.3, -0.25) is 0 Å². The number of anilines is 1. The first-order chi connectivity index (χ1) is 10.9. The molecule has 1 aromatic rings. The summed E-state index contributed by atoms with van der Waals surface area (Å²) in [5.41, 5.74) is 4.91. The van der Waals surface area contributed by atoms with Crippen molar-refractivity contribution in [1.29, 1.82) is 0 Å². The molecule has 0 unspecified atom stereocenters. The lowest BCUT2D eigenvalue weighted by Crippen LogP contribution is -2.44. The summed E-state index contributed by atoms with van der Waals surface area (Å²) in [6.07, 6.45) is -0.558. The van der Waals surface area contributed by atoms with Crippen LogP contribution in [-0.2, 0) is 10.3 Å². The molecule has 8 heteroatoms. The summed E-state index contributed by atoms with van der Waals surface area (Å²) in [5, 5.41) is 2.80. The molecule has 0 saturated heterocycles. The topological polar surface area (TPSA) is 93.9 Å². The fourth-order valence-corrected chi connectivity index (χ4v) is 2.19. The zero-order valence-electron chi connectivity index (χ0n) is 14.8. The Hall–Kier alpha value is -2.09. The van der Waals surface area contributed by atoms with Crippen molar-refractivity contribution >= 4 is 30.6 Å². The second-order valence-corrected chi connectivity index (χ2v) is 7.19. The quantitative estimate of drug-likeness (QED) is 0.723. The lowest BCUT2D eigenvalue weighted by molar-refractivity contribution is 0.0469. The molecule has 3 N–H and O–H groups in total. The van der Waals surface area contributed by atoms with Crippen LogP contribution in [0.5, 0.6) is 5.75 Å². The Morgan fingerprint density at radius 2 is 1.79 bits per heavy atom. The second kappa shape index (κ2) is 7.21. The summed E-state index contributed by atoms with van der Waals surface area (Å²) in [6.45, 7) is 8.95. The van der Waals surface area contributed by atoms with Crippen molar-refractivity contribution in [3.8, 4) is 5.75 Å². The molecule has 0 heterocycles. The Bertz CT molecular complexity index is 626. The highest BCUT2D eigenvalue weighted by Crippen LogP contribution is 2.34. The average Bonchev–Trinajstić information content (AvgIpc) is 2.42. The Balaban J connectivity index is 3.18. The van der Waals surface area contributed by atoms with E-state index in [0.717, 1.165) is 4.31 Å². The van der Waals surface area contributed by atoms with Crippen molar-refractivity contribution in [3.05, 3.63) is 23.8 Å². The smallest absolute Gasteiger partial charge is 0.408 e. The number of rotatable bonds is 4. The number of methoxy groups -OCH3 is 1. The molecule has 0 aromatic heterocycles. The van der Waals surface area contributed by atoms with E-state index in [9.17, 15) is 9.59 Å². The molecule has 134 valence electrons. The molecule has 0 atom stereocenters. The summed E-state index contributed by atoms with van der Waals surface area (Å²) >= 11 is 4.05. The Kier molecular flexibility index (Phi) is 5.99. The summed E-state index contributed by atoms with van der Waals surface area (Å²) in [5.74, 6) is 0.547. The van der Waals surface area contributed by atoms with Crippen LogP contribution in [0.4, 0.5) is 15.3 Å². The van der Waals surface area contributed by atoms with Gasteiger partial charge >= 0.3 is 12.1 Å². The van der Waals surface area contributed by atoms with E-state index in [1.165, 1.54) is 7.11 Å². The third-order valence-electron chi connectivity index (χ3n) is 3.12. The SMILES string of the molecule is COc1ccc(N(S)C(N)=O)cc1C(C)(C)NC(=O)OC(C)(C)C. The number of nitrogens with one attached hydrogen (secondary N) is 1.